The van der Waals surface area contributed by atoms with E-state index in [9.17, 15) is 0 Å². The van der Waals surface area contributed by atoms with Gasteiger partial charge in [0, 0.05) is 131 Å². The van der Waals surface area contributed by atoms with E-state index < -0.39 is 0 Å². The highest BCUT2D eigenvalue weighted by Gasteiger charge is 2.29. The topological polar surface area (TPSA) is 98.1 Å². The Morgan fingerprint density at radius 3 is 1.03 bits per heavy atom. The molecule has 0 N–H and O–H groups in total. The van der Waals surface area contributed by atoms with Crippen LogP contribution in [0, 0.1) is 0 Å². The van der Waals surface area contributed by atoms with Gasteiger partial charge in [0.15, 0.2) is 0 Å². The van der Waals surface area contributed by atoms with Crippen molar-refractivity contribution in [3.63, 3.8) is 0 Å². The molecule has 0 aliphatic heterocycles. The molecule has 138 heavy (non-hydrogen) atoms. The molecule has 0 aliphatic rings. The maximum Gasteiger partial charge on any atom is 0.235 e. The van der Waals surface area contributed by atoms with E-state index in [0.717, 1.165) is 155 Å². The Hall–Kier alpha value is -18.6. The third-order valence-corrected chi connectivity index (χ3v) is 29.1. The zero-order valence-corrected chi connectivity index (χ0v) is 74.0. The molecule has 0 fully saturated rings. The molecular weight excluding hydrogens is 1690 g/mol. The van der Waals surface area contributed by atoms with E-state index >= 15 is 0 Å². The van der Waals surface area contributed by atoms with Crippen LogP contribution >= 0.6 is 0 Å². The Morgan fingerprint density at radius 1 is 0.167 bits per heavy atom. The van der Waals surface area contributed by atoms with Gasteiger partial charge in [0.2, 0.25) is 5.95 Å². The van der Waals surface area contributed by atoms with E-state index in [0.29, 0.717) is 5.95 Å². The van der Waals surface area contributed by atoms with Crippen molar-refractivity contribution in [1.82, 2.24) is 28.2 Å². The molecular formula is C128H74N6O4. The minimum absolute atomic E-state index is 0.656. The molecule has 9 heterocycles. The molecule has 0 aliphatic carbocycles. The molecule has 32 aromatic rings. The summed E-state index contributed by atoms with van der Waals surface area (Å²) in [4.78, 5) is 10.6. The normalized spacial score (nSPS) is 12.2. The van der Waals surface area contributed by atoms with Crippen LogP contribution in [-0.4, -0.2) is 28.2 Å². The van der Waals surface area contributed by atoms with Gasteiger partial charge < -0.3 is 31.4 Å². The highest BCUT2D eigenvalue weighted by molar-refractivity contribution is 6.31. The van der Waals surface area contributed by atoms with Crippen LogP contribution in [0.5, 0.6) is 0 Å². The number of furan rings is 4. The third kappa shape index (κ3) is 11.2. The van der Waals surface area contributed by atoms with Gasteiger partial charge in [-0.3, -0.25) is 4.57 Å². The van der Waals surface area contributed by atoms with Crippen LogP contribution in [0.15, 0.2) is 467 Å². The number of fused-ring (bicyclic) bond motifs is 16. The molecule has 0 atom stereocenters. The molecule has 0 saturated heterocycles. The van der Waals surface area contributed by atoms with E-state index in [4.69, 9.17) is 27.6 Å². The summed E-state index contributed by atoms with van der Waals surface area (Å²) in [6.07, 6.45) is 0. The maximum atomic E-state index is 6.51. The van der Waals surface area contributed by atoms with Crippen molar-refractivity contribution in [1.29, 1.82) is 0 Å². The number of aromatic nitrogens is 6. The Labute approximate surface area is 786 Å². The Morgan fingerprint density at radius 2 is 0.514 bits per heavy atom. The fourth-order valence-corrected chi connectivity index (χ4v) is 23.1. The van der Waals surface area contributed by atoms with Crippen molar-refractivity contribution in [2.75, 3.05) is 0 Å². The number of para-hydroxylation sites is 10. The second-order valence-electron chi connectivity index (χ2n) is 36.3. The standard InChI is InChI=1S/C46H27N3O.C44H26N2O.C38H21NO2/c1-2-10-28(11-3-1)29-20-22-31(23-21-29)44-37-14-4-6-17-38(37)47-46(48-44)49-39-18-8-12-30-24-25-34-32(26-27-40(49)43(34)42(30)39)35-15-9-16-36-33-13-5-7-19-41(33)50-45(35)36;1-2-11-28(12-3-1)45-37-17-6-4-13-31(37)36-26-29(21-24-38(36)45)46-39-18-8-10-27-20-22-33-30(23-25-40(46)43(33)42(27)39)34-15-9-16-35-32-14-5-7-19-41(32)47-44(34)35;1-4-14-34-25(8-1)29-11-6-10-28(38(29)41-34)24-18-19-32-37-27(24)17-15-22-7-5-12-31(36(22)37)39(32)23-16-20-35-30(21-23)26-9-2-3-13-33(26)40-35/h1-27H;1-26H;1-21H. The van der Waals surface area contributed by atoms with Crippen molar-refractivity contribution in [3.05, 3.63) is 449 Å². The summed E-state index contributed by atoms with van der Waals surface area (Å²) in [7, 11) is 0. The van der Waals surface area contributed by atoms with Crippen molar-refractivity contribution < 1.29 is 17.7 Å². The summed E-state index contributed by atoms with van der Waals surface area (Å²) in [5, 5.41) is 27.5. The summed E-state index contributed by atoms with van der Waals surface area (Å²) < 4.78 is 35.1. The van der Waals surface area contributed by atoms with Gasteiger partial charge in [-0.05, 0) is 181 Å². The highest BCUT2D eigenvalue weighted by Crippen LogP contribution is 2.52. The second-order valence-corrected chi connectivity index (χ2v) is 36.3. The number of nitrogens with zero attached hydrogens (tertiary/aromatic N) is 6. The van der Waals surface area contributed by atoms with E-state index in [1.165, 1.54) is 136 Å². The fourth-order valence-electron chi connectivity index (χ4n) is 23.1. The van der Waals surface area contributed by atoms with Gasteiger partial charge in [-0.2, -0.15) is 0 Å². The lowest BCUT2D eigenvalue weighted by molar-refractivity contribution is 0.668. The van der Waals surface area contributed by atoms with E-state index in [1.807, 2.05) is 54.6 Å². The molecule has 10 heteroatoms. The zero-order chi connectivity index (χ0) is 90.1. The van der Waals surface area contributed by atoms with Crippen molar-refractivity contribution in [3.8, 4) is 78.8 Å². The molecule has 0 spiro atoms. The van der Waals surface area contributed by atoms with Gasteiger partial charge >= 0.3 is 0 Å². The van der Waals surface area contributed by atoms with Crippen LogP contribution in [-0.2, 0) is 0 Å². The summed E-state index contributed by atoms with van der Waals surface area (Å²) in [5.41, 5.74) is 32.3. The second kappa shape index (κ2) is 29.4. The third-order valence-electron chi connectivity index (χ3n) is 29.1. The highest BCUT2D eigenvalue weighted by atomic mass is 16.3. The zero-order valence-electron chi connectivity index (χ0n) is 74.0. The Kier molecular flexibility index (Phi) is 16.2. The maximum absolute atomic E-state index is 6.51. The average molecular weight is 1760 g/mol. The largest absolute Gasteiger partial charge is 0.456 e. The lowest BCUT2D eigenvalue weighted by atomic mass is 9.94. The molecule has 0 amide bonds. The van der Waals surface area contributed by atoms with Gasteiger partial charge in [-0.1, -0.05) is 328 Å². The Bertz CT molecular complexity index is 10600. The van der Waals surface area contributed by atoms with Crippen molar-refractivity contribution in [2.45, 2.75) is 0 Å². The monoisotopic (exact) mass is 1760 g/mol. The Balaban J connectivity index is 0.0000000982. The molecule has 0 radical (unpaired) electrons. The van der Waals surface area contributed by atoms with E-state index in [-0.39, 0.29) is 0 Å². The van der Waals surface area contributed by atoms with Crippen LogP contribution in [0.2, 0.25) is 0 Å². The quantitative estimate of drug-likeness (QED) is 0.134. The van der Waals surface area contributed by atoms with Crippen molar-refractivity contribution >= 4 is 218 Å². The molecule has 23 aromatic carbocycles. The van der Waals surface area contributed by atoms with E-state index in [2.05, 4.69) is 413 Å². The van der Waals surface area contributed by atoms with Gasteiger partial charge in [-0.15, -0.1) is 0 Å². The van der Waals surface area contributed by atoms with Crippen LogP contribution < -0.4 is 0 Å². The first-order valence-corrected chi connectivity index (χ1v) is 47.0. The van der Waals surface area contributed by atoms with Gasteiger partial charge in [0.25, 0.3) is 0 Å². The summed E-state index contributed by atoms with van der Waals surface area (Å²) in [6.45, 7) is 0. The average Bonchev–Trinajstić information content (AvgIpc) is 1.55. The van der Waals surface area contributed by atoms with Crippen LogP contribution in [0.3, 0.4) is 0 Å². The van der Waals surface area contributed by atoms with E-state index in [1.54, 1.807) is 0 Å². The fraction of sp³-hybridized carbons (Fsp3) is 0. The summed E-state index contributed by atoms with van der Waals surface area (Å²) in [5.74, 6) is 0.656. The molecule has 0 bridgehead atoms. The number of benzene rings is 23. The minimum Gasteiger partial charge on any atom is -0.456 e. The lowest BCUT2D eigenvalue weighted by Crippen LogP contribution is -2.03. The van der Waals surface area contributed by atoms with Gasteiger partial charge in [0.05, 0.1) is 55.3 Å². The smallest absolute Gasteiger partial charge is 0.235 e. The molecule has 0 saturated carbocycles. The molecule has 9 aromatic heterocycles. The molecule has 32 rings (SSSR count). The number of hydrogen-bond donors (Lipinski definition) is 0. The first-order valence-electron chi connectivity index (χ1n) is 47.0. The van der Waals surface area contributed by atoms with Gasteiger partial charge in [0.1, 0.15) is 44.7 Å². The van der Waals surface area contributed by atoms with Crippen LogP contribution in [0.1, 0.15) is 0 Å². The van der Waals surface area contributed by atoms with Gasteiger partial charge in [-0.25, -0.2) is 9.97 Å². The number of hydrogen-bond acceptors (Lipinski definition) is 6. The summed E-state index contributed by atoms with van der Waals surface area (Å²) >= 11 is 0. The predicted molar refractivity (Wildman–Crippen MR) is 572 cm³/mol. The molecule has 640 valence electrons. The lowest BCUT2D eigenvalue weighted by Gasteiger charge is -2.12. The van der Waals surface area contributed by atoms with Crippen LogP contribution in [0.4, 0.5) is 0 Å². The molecule has 10 nitrogen and oxygen atoms in total. The number of rotatable bonds is 9. The van der Waals surface area contributed by atoms with Crippen molar-refractivity contribution in [2.24, 2.45) is 0 Å². The molecule has 0 unspecified atom stereocenters. The first-order chi connectivity index (χ1) is 68.5. The van der Waals surface area contributed by atoms with Crippen LogP contribution in [0.25, 0.3) is 297 Å². The first kappa shape index (κ1) is 76.0. The predicted octanol–water partition coefficient (Wildman–Crippen LogP) is 35.1. The minimum atomic E-state index is 0.656. The summed E-state index contributed by atoms with van der Waals surface area (Å²) in [6, 6.07) is 160. The SMILES string of the molecule is c1ccc(-c2ccc(-c3nc(-n4c5cccc6ccc7c(-c8cccc9c8oc8ccccc89)ccc4c7c65)nc4ccccc34)cc2)cc1.c1ccc(-n2c3ccccc3c3cc(-n4c5cccc6ccc7c(-c8cccc9c8oc8ccccc89)ccc4c7c65)ccc32)cc1.c1ccc2c(c1)oc1ccc(-n3c4cccc5ccc6c(-c7cccc8c7oc7ccccc78)ccc3c6c54)cc12.